The standard InChI is InChI=1S/C26H27NO4/c1-2-17-31-22-15-13-19(14-16-22)23(18-24(28)29)27-26(30)25(20-9-5-3-6-10-20)21-11-7-4-8-12-21/h3-16,23,25H,2,17-18H2,1H3,(H,27,30)(H,28,29)/p-1/t23-/m0/s1. The van der Waals surface area contributed by atoms with Crippen molar-refractivity contribution >= 4 is 11.9 Å². The Bertz CT molecular complexity index is 932. The van der Waals surface area contributed by atoms with Crippen molar-refractivity contribution < 1.29 is 19.4 Å². The van der Waals surface area contributed by atoms with Gasteiger partial charge in [-0.2, -0.15) is 0 Å². The number of carboxylic acid groups (broad SMARTS) is 1. The SMILES string of the molecule is CCCOc1ccc([C@H](CC(=O)[O-])NC(=O)C(c2ccccc2)c2ccccc2)cc1. The number of carbonyl (C=O) groups is 2. The quantitative estimate of drug-likeness (QED) is 0.548. The van der Waals surface area contributed by atoms with Gasteiger partial charge in [-0.3, -0.25) is 4.79 Å². The molecule has 0 aliphatic carbocycles. The summed E-state index contributed by atoms with van der Waals surface area (Å²) < 4.78 is 5.59. The summed E-state index contributed by atoms with van der Waals surface area (Å²) in [4.78, 5) is 24.8. The Morgan fingerprint density at radius 2 is 1.39 bits per heavy atom. The molecule has 3 rings (SSSR count). The van der Waals surface area contributed by atoms with Crippen LogP contribution in [0.15, 0.2) is 84.9 Å². The minimum absolute atomic E-state index is 0.269. The van der Waals surface area contributed by atoms with Crippen molar-refractivity contribution in [1.29, 1.82) is 0 Å². The third kappa shape index (κ3) is 6.19. The van der Waals surface area contributed by atoms with Crippen LogP contribution in [0.3, 0.4) is 0 Å². The lowest BCUT2D eigenvalue weighted by atomic mass is 9.90. The topological polar surface area (TPSA) is 78.5 Å². The molecular formula is C26H26NO4-. The van der Waals surface area contributed by atoms with Gasteiger partial charge in [0.25, 0.3) is 0 Å². The molecular weight excluding hydrogens is 390 g/mol. The highest BCUT2D eigenvalue weighted by Crippen LogP contribution is 2.27. The van der Waals surface area contributed by atoms with E-state index in [0.29, 0.717) is 17.9 Å². The maximum absolute atomic E-state index is 13.4. The van der Waals surface area contributed by atoms with Crippen LogP contribution in [0.2, 0.25) is 0 Å². The summed E-state index contributed by atoms with van der Waals surface area (Å²) in [6, 6.07) is 25.3. The number of rotatable bonds is 10. The van der Waals surface area contributed by atoms with Crippen LogP contribution in [0.4, 0.5) is 0 Å². The van der Waals surface area contributed by atoms with Crippen molar-refractivity contribution in [2.45, 2.75) is 31.7 Å². The monoisotopic (exact) mass is 416 g/mol. The molecule has 0 saturated heterocycles. The second kappa shape index (κ2) is 11.0. The molecule has 0 fully saturated rings. The molecule has 0 bridgehead atoms. The third-order valence-corrected chi connectivity index (χ3v) is 4.97. The Labute approximate surface area is 182 Å². The minimum Gasteiger partial charge on any atom is -0.550 e. The summed E-state index contributed by atoms with van der Waals surface area (Å²) in [5.41, 5.74) is 2.35. The number of amides is 1. The number of aliphatic carboxylic acids is 1. The highest BCUT2D eigenvalue weighted by molar-refractivity contribution is 5.87. The van der Waals surface area contributed by atoms with E-state index < -0.39 is 17.9 Å². The van der Waals surface area contributed by atoms with Crippen LogP contribution < -0.4 is 15.2 Å². The lowest BCUT2D eigenvalue weighted by Gasteiger charge is -2.24. The van der Waals surface area contributed by atoms with Gasteiger partial charge in [0.15, 0.2) is 0 Å². The Morgan fingerprint density at radius 1 is 0.839 bits per heavy atom. The molecule has 3 aromatic rings. The van der Waals surface area contributed by atoms with Crippen molar-refractivity contribution in [3.63, 3.8) is 0 Å². The first-order valence-electron chi connectivity index (χ1n) is 10.4. The number of ether oxygens (including phenoxy) is 1. The molecule has 0 radical (unpaired) electrons. The zero-order chi connectivity index (χ0) is 22.1. The number of hydrogen-bond acceptors (Lipinski definition) is 4. The van der Waals surface area contributed by atoms with Gasteiger partial charge in [-0.1, -0.05) is 79.7 Å². The predicted octanol–water partition coefficient (Wildman–Crippen LogP) is 3.60. The van der Waals surface area contributed by atoms with Crippen LogP contribution >= 0.6 is 0 Å². The second-order valence-corrected chi connectivity index (χ2v) is 7.31. The summed E-state index contributed by atoms with van der Waals surface area (Å²) in [6.07, 6.45) is 0.572. The highest BCUT2D eigenvalue weighted by atomic mass is 16.5. The first-order valence-corrected chi connectivity index (χ1v) is 10.4. The normalized spacial score (nSPS) is 11.7. The Kier molecular flexibility index (Phi) is 7.82. The van der Waals surface area contributed by atoms with E-state index in [0.717, 1.165) is 17.5 Å². The molecule has 1 amide bonds. The Morgan fingerprint density at radius 3 is 1.87 bits per heavy atom. The maximum atomic E-state index is 13.4. The van der Waals surface area contributed by atoms with Crippen molar-refractivity contribution in [3.8, 4) is 5.75 Å². The number of nitrogens with one attached hydrogen (secondary N) is 1. The van der Waals surface area contributed by atoms with Gasteiger partial charge in [0.2, 0.25) is 5.91 Å². The molecule has 0 aliphatic heterocycles. The summed E-state index contributed by atoms with van der Waals surface area (Å²) in [6.45, 7) is 2.63. The summed E-state index contributed by atoms with van der Waals surface area (Å²) in [5.74, 6) is -1.35. The van der Waals surface area contributed by atoms with Gasteiger partial charge in [-0.05, 0) is 35.2 Å². The molecule has 1 N–H and O–H groups in total. The minimum atomic E-state index is -1.23. The number of carboxylic acids is 1. The fourth-order valence-corrected chi connectivity index (χ4v) is 3.48. The van der Waals surface area contributed by atoms with E-state index in [2.05, 4.69) is 5.32 Å². The van der Waals surface area contributed by atoms with Crippen LogP contribution in [0, 0.1) is 0 Å². The Balaban J connectivity index is 1.86. The van der Waals surface area contributed by atoms with Gasteiger partial charge in [0.1, 0.15) is 5.75 Å². The number of carbonyl (C=O) groups excluding carboxylic acids is 2. The molecule has 3 aromatic carbocycles. The first-order chi connectivity index (χ1) is 15.1. The summed E-state index contributed by atoms with van der Waals surface area (Å²) >= 11 is 0. The zero-order valence-electron chi connectivity index (χ0n) is 17.5. The van der Waals surface area contributed by atoms with Crippen LogP contribution in [0.1, 0.15) is 48.4 Å². The molecule has 0 unspecified atom stereocenters. The number of hydrogen-bond donors (Lipinski definition) is 1. The van der Waals surface area contributed by atoms with Gasteiger partial charge in [0.05, 0.1) is 18.6 Å². The number of benzene rings is 3. The molecule has 5 nitrogen and oxygen atoms in total. The largest absolute Gasteiger partial charge is 0.550 e. The molecule has 0 heterocycles. The fraction of sp³-hybridized carbons (Fsp3) is 0.231. The molecule has 0 saturated carbocycles. The molecule has 0 spiro atoms. The summed E-state index contributed by atoms with van der Waals surface area (Å²) in [5, 5.41) is 14.3. The van der Waals surface area contributed by atoms with Crippen LogP contribution in [0.5, 0.6) is 5.75 Å². The maximum Gasteiger partial charge on any atom is 0.232 e. The van der Waals surface area contributed by atoms with Crippen LogP contribution in [0.25, 0.3) is 0 Å². The van der Waals surface area contributed by atoms with Gasteiger partial charge in [0, 0.05) is 12.4 Å². The van der Waals surface area contributed by atoms with Crippen molar-refractivity contribution in [3.05, 3.63) is 102 Å². The van der Waals surface area contributed by atoms with E-state index in [9.17, 15) is 14.7 Å². The lowest BCUT2D eigenvalue weighted by molar-refractivity contribution is -0.306. The molecule has 31 heavy (non-hydrogen) atoms. The second-order valence-electron chi connectivity index (χ2n) is 7.31. The highest BCUT2D eigenvalue weighted by Gasteiger charge is 2.25. The molecule has 0 aromatic heterocycles. The van der Waals surface area contributed by atoms with Crippen LogP contribution in [-0.2, 0) is 9.59 Å². The van der Waals surface area contributed by atoms with Crippen molar-refractivity contribution in [1.82, 2.24) is 5.32 Å². The van der Waals surface area contributed by atoms with E-state index in [-0.39, 0.29) is 12.3 Å². The fourth-order valence-electron chi connectivity index (χ4n) is 3.48. The summed E-state index contributed by atoms with van der Waals surface area (Å²) in [7, 11) is 0. The van der Waals surface area contributed by atoms with Crippen LogP contribution in [-0.4, -0.2) is 18.5 Å². The smallest absolute Gasteiger partial charge is 0.232 e. The van der Waals surface area contributed by atoms with E-state index in [4.69, 9.17) is 4.74 Å². The third-order valence-electron chi connectivity index (χ3n) is 4.97. The molecule has 160 valence electrons. The van der Waals surface area contributed by atoms with E-state index in [1.54, 1.807) is 24.3 Å². The Hall–Kier alpha value is -3.60. The van der Waals surface area contributed by atoms with Gasteiger partial charge >= 0.3 is 0 Å². The van der Waals surface area contributed by atoms with Crippen molar-refractivity contribution in [2.75, 3.05) is 6.61 Å². The lowest BCUT2D eigenvalue weighted by Crippen LogP contribution is -2.37. The average molecular weight is 416 g/mol. The van der Waals surface area contributed by atoms with E-state index >= 15 is 0 Å². The van der Waals surface area contributed by atoms with Gasteiger partial charge in [-0.15, -0.1) is 0 Å². The zero-order valence-corrected chi connectivity index (χ0v) is 17.5. The van der Waals surface area contributed by atoms with Gasteiger partial charge in [-0.25, -0.2) is 0 Å². The first kappa shape index (κ1) is 22.1. The average Bonchev–Trinajstić information content (AvgIpc) is 2.79. The van der Waals surface area contributed by atoms with E-state index in [1.807, 2.05) is 67.6 Å². The predicted molar refractivity (Wildman–Crippen MR) is 117 cm³/mol. The molecule has 1 atom stereocenters. The molecule has 5 heteroatoms. The van der Waals surface area contributed by atoms with Crippen molar-refractivity contribution in [2.24, 2.45) is 0 Å². The van der Waals surface area contributed by atoms with Gasteiger partial charge < -0.3 is 20.0 Å². The van der Waals surface area contributed by atoms with E-state index in [1.165, 1.54) is 0 Å². The molecule has 0 aliphatic rings.